The summed E-state index contributed by atoms with van der Waals surface area (Å²) in [5.74, 6) is -1.10. The molecule has 1 aliphatic rings. The summed E-state index contributed by atoms with van der Waals surface area (Å²) in [5, 5.41) is 0.0556. The van der Waals surface area contributed by atoms with Crippen LogP contribution >= 0.6 is 34.8 Å². The van der Waals surface area contributed by atoms with E-state index >= 15 is 0 Å². The summed E-state index contributed by atoms with van der Waals surface area (Å²) in [6.45, 7) is -0.393. The Labute approximate surface area is 160 Å². The molecule has 130 valence electrons. The summed E-state index contributed by atoms with van der Waals surface area (Å²) >= 11 is 17.6. The standard InChI is InChI=1S/C18H14Cl3NO3/c19-13-8-22-17(16(21)15(13)20)18(24)25-9-14(23)12-6-5-10-3-1-2-4-11(10)7-12/h5-8H,1-4,9H2. The van der Waals surface area contributed by atoms with Crippen molar-refractivity contribution in [2.45, 2.75) is 25.7 Å². The lowest BCUT2D eigenvalue weighted by Crippen LogP contribution is -2.16. The lowest BCUT2D eigenvalue weighted by Gasteiger charge is -2.16. The van der Waals surface area contributed by atoms with Crippen LogP contribution in [-0.2, 0) is 17.6 Å². The molecule has 0 atom stereocenters. The minimum atomic E-state index is -0.824. The van der Waals surface area contributed by atoms with E-state index < -0.39 is 12.6 Å². The molecule has 2 aromatic rings. The molecule has 1 aliphatic carbocycles. The molecule has 0 fully saturated rings. The van der Waals surface area contributed by atoms with Crippen molar-refractivity contribution in [3.63, 3.8) is 0 Å². The highest BCUT2D eigenvalue weighted by molar-refractivity contribution is 6.48. The Morgan fingerprint density at radius 1 is 1.04 bits per heavy atom. The van der Waals surface area contributed by atoms with E-state index in [-0.39, 0.29) is 26.5 Å². The van der Waals surface area contributed by atoms with Gasteiger partial charge in [-0.15, -0.1) is 0 Å². The van der Waals surface area contributed by atoms with Gasteiger partial charge in [-0.3, -0.25) is 4.79 Å². The number of benzene rings is 1. The molecule has 7 heteroatoms. The summed E-state index contributed by atoms with van der Waals surface area (Å²) in [5.41, 5.74) is 2.83. The van der Waals surface area contributed by atoms with Crippen molar-refractivity contribution in [1.29, 1.82) is 0 Å². The number of rotatable bonds is 4. The van der Waals surface area contributed by atoms with Gasteiger partial charge in [-0.2, -0.15) is 0 Å². The average Bonchev–Trinajstić information content (AvgIpc) is 2.63. The van der Waals surface area contributed by atoms with Gasteiger partial charge in [0.15, 0.2) is 18.1 Å². The highest BCUT2D eigenvalue weighted by Gasteiger charge is 2.20. The normalized spacial score (nSPS) is 13.2. The molecule has 4 nitrogen and oxygen atoms in total. The number of halogens is 3. The van der Waals surface area contributed by atoms with Crippen molar-refractivity contribution in [2.24, 2.45) is 0 Å². The van der Waals surface area contributed by atoms with Gasteiger partial charge in [-0.05, 0) is 42.9 Å². The van der Waals surface area contributed by atoms with Crippen LogP contribution in [0.25, 0.3) is 0 Å². The van der Waals surface area contributed by atoms with Crippen LogP contribution in [0.15, 0.2) is 24.4 Å². The number of esters is 1. The van der Waals surface area contributed by atoms with Gasteiger partial charge < -0.3 is 4.74 Å². The van der Waals surface area contributed by atoms with Crippen LogP contribution in [0.5, 0.6) is 0 Å². The first-order valence-electron chi connectivity index (χ1n) is 7.79. The number of aryl methyl sites for hydroxylation is 2. The number of carbonyl (C=O) groups excluding carboxylic acids is 2. The van der Waals surface area contributed by atoms with Crippen molar-refractivity contribution >= 4 is 46.6 Å². The van der Waals surface area contributed by atoms with Crippen LogP contribution in [0.1, 0.15) is 44.8 Å². The van der Waals surface area contributed by atoms with Gasteiger partial charge in [0.2, 0.25) is 0 Å². The third kappa shape index (κ3) is 3.97. The molecule has 0 amide bonds. The molecule has 3 rings (SSSR count). The summed E-state index contributed by atoms with van der Waals surface area (Å²) in [4.78, 5) is 28.2. The third-order valence-corrected chi connectivity index (χ3v) is 5.36. The SMILES string of the molecule is O=C(COC(=O)c1ncc(Cl)c(Cl)c1Cl)c1ccc2c(c1)CCCC2. The minimum Gasteiger partial charge on any atom is -0.453 e. The van der Waals surface area contributed by atoms with Crippen LogP contribution in [-0.4, -0.2) is 23.3 Å². The van der Waals surface area contributed by atoms with E-state index in [4.69, 9.17) is 39.5 Å². The first-order chi connectivity index (χ1) is 12.0. The quantitative estimate of drug-likeness (QED) is 0.539. The number of hydrogen-bond donors (Lipinski definition) is 0. The van der Waals surface area contributed by atoms with E-state index in [0.717, 1.165) is 19.3 Å². The summed E-state index contributed by atoms with van der Waals surface area (Å²) < 4.78 is 5.03. The molecule has 0 bridgehead atoms. The summed E-state index contributed by atoms with van der Waals surface area (Å²) in [7, 11) is 0. The van der Waals surface area contributed by atoms with Gasteiger partial charge >= 0.3 is 5.97 Å². The molecule has 0 aliphatic heterocycles. The highest BCUT2D eigenvalue weighted by Crippen LogP contribution is 2.31. The van der Waals surface area contributed by atoms with Crippen molar-refractivity contribution in [3.05, 3.63) is 61.8 Å². The molecule has 0 N–H and O–H groups in total. The smallest absolute Gasteiger partial charge is 0.358 e. The number of fused-ring (bicyclic) bond motifs is 1. The second kappa shape index (κ2) is 7.73. The number of ether oxygens (including phenoxy) is 1. The van der Waals surface area contributed by atoms with Gasteiger partial charge in [-0.25, -0.2) is 9.78 Å². The third-order valence-electron chi connectivity index (χ3n) is 4.12. The van der Waals surface area contributed by atoms with Gasteiger partial charge in [0.25, 0.3) is 0 Å². The maximum atomic E-state index is 12.3. The number of hydrogen-bond acceptors (Lipinski definition) is 4. The van der Waals surface area contributed by atoms with Gasteiger partial charge in [0, 0.05) is 11.8 Å². The Morgan fingerprint density at radius 3 is 2.52 bits per heavy atom. The Kier molecular flexibility index (Phi) is 5.62. The Hall–Kier alpha value is -1.62. The molecule has 1 heterocycles. The Bertz CT molecular complexity index is 852. The van der Waals surface area contributed by atoms with Gasteiger partial charge in [0.1, 0.15) is 0 Å². The van der Waals surface area contributed by atoms with Crippen LogP contribution in [0.2, 0.25) is 15.1 Å². The number of ketones is 1. The van der Waals surface area contributed by atoms with E-state index in [0.29, 0.717) is 5.56 Å². The first kappa shape index (κ1) is 18.2. The second-order valence-electron chi connectivity index (χ2n) is 5.77. The molecule has 1 aromatic heterocycles. The van der Waals surface area contributed by atoms with Gasteiger partial charge in [0.05, 0.1) is 15.1 Å². The maximum Gasteiger partial charge on any atom is 0.358 e. The molecular weight excluding hydrogens is 385 g/mol. The first-order valence-corrected chi connectivity index (χ1v) is 8.92. The predicted octanol–water partition coefficient (Wildman–Crippen LogP) is 4.96. The second-order valence-corrected chi connectivity index (χ2v) is 6.94. The minimum absolute atomic E-state index is 0.0197. The molecule has 1 aromatic carbocycles. The molecule has 0 unspecified atom stereocenters. The van der Waals surface area contributed by atoms with Crippen LogP contribution in [0.3, 0.4) is 0 Å². The maximum absolute atomic E-state index is 12.3. The number of nitrogens with zero attached hydrogens (tertiary/aromatic N) is 1. The summed E-state index contributed by atoms with van der Waals surface area (Å²) in [6.07, 6.45) is 5.52. The number of Topliss-reactive ketones (excluding diaryl/α,β-unsaturated/α-hetero) is 1. The van der Waals surface area contributed by atoms with Gasteiger partial charge in [-0.1, -0.05) is 46.9 Å². The lowest BCUT2D eigenvalue weighted by atomic mass is 9.90. The molecule has 0 saturated heterocycles. The monoisotopic (exact) mass is 397 g/mol. The van der Waals surface area contributed by atoms with E-state index in [1.54, 1.807) is 6.07 Å². The zero-order valence-corrected chi connectivity index (χ0v) is 15.4. The van der Waals surface area contributed by atoms with E-state index in [1.807, 2.05) is 12.1 Å². The zero-order chi connectivity index (χ0) is 18.0. The molecule has 0 spiro atoms. The largest absolute Gasteiger partial charge is 0.453 e. The average molecular weight is 399 g/mol. The molecule has 0 radical (unpaired) electrons. The Morgan fingerprint density at radius 2 is 1.76 bits per heavy atom. The zero-order valence-electron chi connectivity index (χ0n) is 13.2. The fourth-order valence-corrected chi connectivity index (χ4v) is 3.33. The fourth-order valence-electron chi connectivity index (χ4n) is 2.78. The van der Waals surface area contributed by atoms with Crippen molar-refractivity contribution in [1.82, 2.24) is 4.98 Å². The van der Waals surface area contributed by atoms with E-state index in [1.165, 1.54) is 23.7 Å². The van der Waals surface area contributed by atoms with E-state index in [2.05, 4.69) is 4.98 Å². The molecule has 0 saturated carbocycles. The van der Waals surface area contributed by atoms with Crippen molar-refractivity contribution in [2.75, 3.05) is 6.61 Å². The van der Waals surface area contributed by atoms with E-state index in [9.17, 15) is 9.59 Å². The molecule has 25 heavy (non-hydrogen) atoms. The van der Waals surface area contributed by atoms with Crippen LogP contribution in [0.4, 0.5) is 0 Å². The fraction of sp³-hybridized carbons (Fsp3) is 0.278. The lowest BCUT2D eigenvalue weighted by molar-refractivity contribution is 0.0469. The topological polar surface area (TPSA) is 56.3 Å². The Balaban J connectivity index is 1.68. The number of carbonyl (C=O) groups is 2. The predicted molar refractivity (Wildman–Crippen MR) is 97.0 cm³/mol. The van der Waals surface area contributed by atoms with Crippen LogP contribution < -0.4 is 0 Å². The highest BCUT2D eigenvalue weighted by atomic mass is 35.5. The number of aromatic nitrogens is 1. The van der Waals surface area contributed by atoms with Crippen molar-refractivity contribution < 1.29 is 14.3 Å². The van der Waals surface area contributed by atoms with Crippen molar-refractivity contribution in [3.8, 4) is 0 Å². The number of pyridine rings is 1. The summed E-state index contributed by atoms with van der Waals surface area (Å²) in [6, 6.07) is 5.63. The molecular formula is C18H14Cl3NO3. The van der Waals surface area contributed by atoms with Crippen LogP contribution in [0, 0.1) is 0 Å².